The lowest BCUT2D eigenvalue weighted by Crippen LogP contribution is -2.26. The lowest BCUT2D eigenvalue weighted by molar-refractivity contribution is -0.143. The fourth-order valence-corrected chi connectivity index (χ4v) is 2.33. The van der Waals surface area contributed by atoms with Crippen LogP contribution < -0.4 is 5.19 Å². The third kappa shape index (κ3) is 2.64. The number of hydrogen-bond acceptors (Lipinski definition) is 0. The Morgan fingerprint density at radius 3 is 1.65 bits per heavy atom. The molecule has 0 aliphatic rings. The molecule has 0 nitrogen and oxygen atoms in total. The summed E-state index contributed by atoms with van der Waals surface area (Å²) in [6.45, 7) is 1.95. The summed E-state index contributed by atoms with van der Waals surface area (Å²) in [6.07, 6.45) is -9.62. The van der Waals surface area contributed by atoms with E-state index in [0.29, 0.717) is 0 Å². The van der Waals surface area contributed by atoms with E-state index in [1.807, 2.05) is 0 Å². The topological polar surface area (TPSA) is 0 Å². The van der Waals surface area contributed by atoms with Crippen molar-refractivity contribution >= 4 is 15.4 Å². The van der Waals surface area contributed by atoms with Gasteiger partial charge in [0.15, 0.2) is 0 Å². The number of alkyl halides is 6. The van der Waals surface area contributed by atoms with Crippen LogP contribution in [0.1, 0.15) is 22.3 Å². The van der Waals surface area contributed by atoms with Gasteiger partial charge >= 0.3 is 12.4 Å². The highest BCUT2D eigenvalue weighted by molar-refractivity contribution is 6.33. The van der Waals surface area contributed by atoms with E-state index in [0.717, 1.165) is 19.9 Å². The van der Waals surface area contributed by atoms with Crippen molar-refractivity contribution in [2.24, 2.45) is 0 Å². The van der Waals surface area contributed by atoms with Crippen molar-refractivity contribution in [3.8, 4) is 0 Å². The fourth-order valence-electron chi connectivity index (χ4n) is 1.79. The van der Waals surface area contributed by atoms with Crippen molar-refractivity contribution < 1.29 is 26.3 Å². The lowest BCUT2D eigenvalue weighted by Gasteiger charge is -2.20. The second kappa shape index (κ2) is 4.04. The molecule has 0 saturated carbocycles. The highest BCUT2D eigenvalue weighted by Crippen LogP contribution is 2.39. The van der Waals surface area contributed by atoms with E-state index in [4.69, 9.17) is 0 Å². The quantitative estimate of drug-likeness (QED) is 0.501. The number of halogens is 6. The minimum absolute atomic E-state index is 0.243. The first-order valence-corrected chi connectivity index (χ1v) is 4.96. The van der Waals surface area contributed by atoms with E-state index < -0.39 is 29.0 Å². The zero-order chi connectivity index (χ0) is 13.6. The molecule has 0 heterocycles. The highest BCUT2D eigenvalue weighted by atomic mass is 28.1. The average Bonchev–Trinajstić information content (AvgIpc) is 1.94. The zero-order valence-corrected chi connectivity index (χ0v) is 9.85. The van der Waals surface area contributed by atoms with Crippen molar-refractivity contribution in [1.29, 1.82) is 0 Å². The first kappa shape index (κ1) is 14.1. The number of rotatable bonds is 0. The van der Waals surface area contributed by atoms with Crippen molar-refractivity contribution in [3.05, 3.63) is 28.3 Å². The summed E-state index contributed by atoms with van der Waals surface area (Å²) in [5.74, 6) is 0. The van der Waals surface area contributed by atoms with Crippen molar-refractivity contribution in [1.82, 2.24) is 0 Å². The first-order valence-electron chi connectivity index (χ1n) is 4.46. The van der Waals surface area contributed by atoms with Crippen LogP contribution in [0.4, 0.5) is 26.3 Å². The Morgan fingerprint density at radius 2 is 1.29 bits per heavy atom. The standard InChI is InChI=1S/C10H7F6Si/c1-4-3-6(17)8(10(14,15)16)5(2)7(4)9(11,12)13/h3H,1-2H3. The van der Waals surface area contributed by atoms with Gasteiger partial charge in [-0.15, -0.1) is 0 Å². The molecule has 93 valence electrons. The fraction of sp³-hybridized carbons (Fsp3) is 0.400. The summed E-state index contributed by atoms with van der Waals surface area (Å²) in [7, 11) is 2.70. The van der Waals surface area contributed by atoms with E-state index in [1.54, 1.807) is 0 Å². The summed E-state index contributed by atoms with van der Waals surface area (Å²) in [5.41, 5.74) is -3.57. The van der Waals surface area contributed by atoms with Gasteiger partial charge in [-0.05, 0) is 25.0 Å². The van der Waals surface area contributed by atoms with Gasteiger partial charge in [0.25, 0.3) is 0 Å². The van der Waals surface area contributed by atoms with E-state index in [2.05, 4.69) is 10.2 Å². The van der Waals surface area contributed by atoms with Crippen LogP contribution in [0.25, 0.3) is 0 Å². The van der Waals surface area contributed by atoms with Gasteiger partial charge in [0.1, 0.15) is 0 Å². The molecule has 0 aliphatic heterocycles. The van der Waals surface area contributed by atoms with Crippen LogP contribution in [-0.2, 0) is 12.4 Å². The van der Waals surface area contributed by atoms with Gasteiger partial charge in [-0.1, -0.05) is 11.3 Å². The molecule has 0 aromatic heterocycles. The van der Waals surface area contributed by atoms with Gasteiger partial charge in [-0.25, -0.2) is 0 Å². The average molecular weight is 269 g/mol. The summed E-state index contributed by atoms with van der Waals surface area (Å²) >= 11 is 0. The number of hydrogen-bond donors (Lipinski definition) is 0. The molecule has 7 heteroatoms. The Hall–Kier alpha value is -0.983. The Labute approximate surface area is 97.1 Å². The van der Waals surface area contributed by atoms with E-state index >= 15 is 0 Å². The van der Waals surface area contributed by atoms with Crippen molar-refractivity contribution in [2.75, 3.05) is 0 Å². The molecular formula is C10H7F6Si. The second-order valence-electron chi connectivity index (χ2n) is 3.61. The number of aryl methyl sites for hydroxylation is 1. The van der Waals surface area contributed by atoms with E-state index in [1.165, 1.54) is 0 Å². The van der Waals surface area contributed by atoms with Crippen molar-refractivity contribution in [2.45, 2.75) is 26.2 Å². The van der Waals surface area contributed by atoms with Crippen LogP contribution in [0.2, 0.25) is 0 Å². The molecule has 0 bridgehead atoms. The molecule has 0 aliphatic carbocycles. The molecule has 1 aromatic carbocycles. The van der Waals surface area contributed by atoms with E-state index in [-0.39, 0.29) is 10.8 Å². The minimum atomic E-state index is -4.82. The normalized spacial score (nSPS) is 13.0. The Balaban J connectivity index is 3.67. The van der Waals surface area contributed by atoms with Gasteiger partial charge in [-0.3, -0.25) is 0 Å². The molecule has 1 aromatic rings. The maximum Gasteiger partial charge on any atom is 0.416 e. The predicted molar refractivity (Wildman–Crippen MR) is 51.3 cm³/mol. The molecule has 0 unspecified atom stereocenters. The van der Waals surface area contributed by atoms with Gasteiger partial charge in [0, 0.05) is 0 Å². The molecule has 0 N–H and O–H groups in total. The monoisotopic (exact) mass is 269 g/mol. The molecule has 0 atom stereocenters. The predicted octanol–water partition coefficient (Wildman–Crippen LogP) is 3.13. The molecule has 0 amide bonds. The molecule has 0 spiro atoms. The van der Waals surface area contributed by atoms with Crippen LogP contribution in [0.15, 0.2) is 6.07 Å². The van der Waals surface area contributed by atoms with Gasteiger partial charge in [0.2, 0.25) is 0 Å². The Morgan fingerprint density at radius 1 is 0.882 bits per heavy atom. The minimum Gasteiger partial charge on any atom is -0.166 e. The molecule has 3 radical (unpaired) electrons. The van der Waals surface area contributed by atoms with Gasteiger partial charge in [0.05, 0.1) is 21.4 Å². The number of benzene rings is 1. The Kier molecular flexibility index (Phi) is 3.35. The van der Waals surface area contributed by atoms with Crippen LogP contribution in [0.5, 0.6) is 0 Å². The molecular weight excluding hydrogens is 262 g/mol. The zero-order valence-electron chi connectivity index (χ0n) is 8.85. The second-order valence-corrected chi connectivity index (χ2v) is 4.15. The first-order chi connectivity index (χ1) is 7.46. The molecule has 1 rings (SSSR count). The Bertz CT molecular complexity index is 405. The highest BCUT2D eigenvalue weighted by Gasteiger charge is 2.41. The molecule has 0 saturated heterocycles. The van der Waals surface area contributed by atoms with Crippen molar-refractivity contribution in [3.63, 3.8) is 0 Å². The summed E-state index contributed by atoms with van der Waals surface area (Å²) in [5, 5.41) is -0.388. The van der Waals surface area contributed by atoms with Crippen LogP contribution in [-0.4, -0.2) is 10.2 Å². The SMILES string of the molecule is Cc1cc([Si])c(C(F)(F)F)c(C)c1C(F)(F)F. The maximum absolute atomic E-state index is 12.6. The van der Waals surface area contributed by atoms with Crippen LogP contribution >= 0.6 is 0 Å². The maximum atomic E-state index is 12.6. The summed E-state index contributed by atoms with van der Waals surface area (Å²) in [6, 6.07) is 0.829. The summed E-state index contributed by atoms with van der Waals surface area (Å²) < 4.78 is 75.7. The molecule has 0 fully saturated rings. The largest absolute Gasteiger partial charge is 0.416 e. The van der Waals surface area contributed by atoms with Gasteiger partial charge < -0.3 is 0 Å². The van der Waals surface area contributed by atoms with Crippen LogP contribution in [0, 0.1) is 13.8 Å². The third-order valence-corrected chi connectivity index (χ3v) is 2.74. The smallest absolute Gasteiger partial charge is 0.166 e. The third-order valence-electron chi connectivity index (χ3n) is 2.34. The van der Waals surface area contributed by atoms with Crippen LogP contribution in [0.3, 0.4) is 0 Å². The lowest BCUT2D eigenvalue weighted by atomic mass is 9.96. The summed E-state index contributed by atoms with van der Waals surface area (Å²) in [4.78, 5) is 0. The molecule has 17 heavy (non-hydrogen) atoms. The van der Waals surface area contributed by atoms with Gasteiger partial charge in [-0.2, -0.15) is 26.3 Å². The van der Waals surface area contributed by atoms with E-state index in [9.17, 15) is 26.3 Å².